The molecule has 17 nitrogen and oxygen atoms in total. The number of benzene rings is 1. The molecule has 5 aromatic rings. The maximum atomic E-state index is 14.3. The van der Waals surface area contributed by atoms with Gasteiger partial charge in [0.25, 0.3) is 12.3 Å². The van der Waals surface area contributed by atoms with Crippen LogP contribution in [-0.4, -0.2) is 114 Å². The second-order valence-electron chi connectivity index (χ2n) is 17.0. The number of imide groups is 1. The third-order valence-electron chi connectivity index (χ3n) is 13.3. The summed E-state index contributed by atoms with van der Waals surface area (Å²) in [6.45, 7) is 4.40. The minimum Gasteiger partial charge on any atom is -0.372 e. The molecule has 0 radical (unpaired) electrons. The van der Waals surface area contributed by atoms with Crippen molar-refractivity contribution in [2.75, 3.05) is 49.6 Å². The minimum absolute atomic E-state index is 0.0121. The van der Waals surface area contributed by atoms with Crippen molar-refractivity contribution in [1.29, 1.82) is 0 Å². The molecule has 1 aromatic carbocycles. The number of rotatable bonds is 10. The largest absolute Gasteiger partial charge is 0.372 e. The van der Waals surface area contributed by atoms with Crippen molar-refractivity contribution in [1.82, 2.24) is 43.7 Å². The number of halogens is 2. The predicted octanol–water partition coefficient (Wildman–Crippen LogP) is 3.60. The molecule has 19 heteroatoms. The highest BCUT2D eigenvalue weighted by molar-refractivity contribution is 6.08. The molecule has 2 N–H and O–H groups in total. The first-order valence-electron chi connectivity index (χ1n) is 21.4. The number of imidazole rings is 1. The standard InChI is InChI=1S/C43H47F2N11O6/c1-51-38-26(4-2-6-31(38)56(43(51)60)32-11-12-36(57)49-42(32)59)5-3-19-61-28-13-16-52(17-14-28)21-25-7-9-27(10-8-25)55-22-30(37(50-55)39(44)45)47-41(58)29-20-46-54-18-15-35(48-40(29)54)53-23-34-33(53)24-62-34/h2,4,6,15,18,20,22,25,27-28,32-34,39H,7-14,16-17,19,21,23-24H2,1H3,(H,47,58)(H,49,57,59)/t25?,27?,32?,33?,34-/m0/s1. The number of hydrogen-bond acceptors (Lipinski definition) is 11. The number of morpholine rings is 1. The van der Waals surface area contributed by atoms with Crippen LogP contribution in [-0.2, 0) is 26.1 Å². The van der Waals surface area contributed by atoms with Crippen LogP contribution in [0.1, 0.15) is 91.5 Å². The van der Waals surface area contributed by atoms with Crippen LogP contribution >= 0.6 is 0 Å². The minimum atomic E-state index is -2.86. The number of fused-ring (bicyclic) bond motifs is 3. The fourth-order valence-electron chi connectivity index (χ4n) is 9.73. The molecule has 3 atom stereocenters. The third kappa shape index (κ3) is 7.43. The summed E-state index contributed by atoms with van der Waals surface area (Å²) in [5.74, 6) is 6.09. The second-order valence-corrected chi connectivity index (χ2v) is 17.0. The number of carbonyl (C=O) groups is 3. The van der Waals surface area contributed by atoms with E-state index in [0.717, 1.165) is 70.5 Å². The summed E-state index contributed by atoms with van der Waals surface area (Å²) in [4.78, 5) is 60.3. The Balaban J connectivity index is 0.698. The van der Waals surface area contributed by atoms with Gasteiger partial charge in [-0.2, -0.15) is 10.2 Å². The van der Waals surface area contributed by atoms with Gasteiger partial charge in [-0.25, -0.2) is 23.1 Å². The molecule has 4 saturated heterocycles. The first-order chi connectivity index (χ1) is 30.1. The summed E-state index contributed by atoms with van der Waals surface area (Å²) < 4.78 is 46.2. The van der Waals surface area contributed by atoms with Crippen LogP contribution in [0, 0.1) is 17.8 Å². The number of anilines is 2. The molecule has 0 bridgehead atoms. The van der Waals surface area contributed by atoms with Crippen LogP contribution in [0.5, 0.6) is 0 Å². The Hall–Kier alpha value is -5.97. The van der Waals surface area contributed by atoms with Crippen molar-refractivity contribution in [3.8, 4) is 11.8 Å². The van der Waals surface area contributed by atoms with E-state index in [2.05, 4.69) is 47.5 Å². The second kappa shape index (κ2) is 16.4. The van der Waals surface area contributed by atoms with Crippen LogP contribution in [0.25, 0.3) is 16.7 Å². The molecule has 1 aliphatic carbocycles. The first-order valence-corrected chi connectivity index (χ1v) is 21.4. The number of nitrogens with zero attached hydrogens (tertiary/aromatic N) is 9. The molecule has 8 heterocycles. The molecule has 2 unspecified atom stereocenters. The summed E-state index contributed by atoms with van der Waals surface area (Å²) in [6, 6.07) is 6.75. The highest BCUT2D eigenvalue weighted by atomic mass is 19.3. The van der Waals surface area contributed by atoms with Crippen LogP contribution in [0.2, 0.25) is 0 Å². The summed E-state index contributed by atoms with van der Waals surface area (Å²) in [5, 5.41) is 13.5. The zero-order valence-corrected chi connectivity index (χ0v) is 34.2. The van der Waals surface area contributed by atoms with Gasteiger partial charge in [-0.3, -0.25) is 33.5 Å². The molecule has 5 aliphatic rings. The smallest absolute Gasteiger partial charge is 0.329 e. The zero-order chi connectivity index (χ0) is 42.6. The number of hydrogen-bond donors (Lipinski definition) is 2. The molecule has 4 aliphatic heterocycles. The van der Waals surface area contributed by atoms with Crippen molar-refractivity contribution >= 4 is 45.9 Å². The van der Waals surface area contributed by atoms with E-state index in [1.54, 1.807) is 24.0 Å². The van der Waals surface area contributed by atoms with Crippen LogP contribution in [0.4, 0.5) is 20.3 Å². The van der Waals surface area contributed by atoms with Gasteiger partial charge in [-0.05, 0) is 69.1 Å². The predicted molar refractivity (Wildman–Crippen MR) is 221 cm³/mol. The number of nitrogens with one attached hydrogen (secondary N) is 2. The zero-order valence-electron chi connectivity index (χ0n) is 34.2. The average molecular weight is 852 g/mol. The normalized spacial score (nSPS) is 24.4. The number of piperidine rings is 2. The lowest BCUT2D eigenvalue weighted by atomic mass is 9.85. The van der Waals surface area contributed by atoms with Gasteiger partial charge in [-0.15, -0.1) is 0 Å². The van der Waals surface area contributed by atoms with Crippen LogP contribution in [0.3, 0.4) is 0 Å². The monoisotopic (exact) mass is 851 g/mol. The lowest BCUT2D eigenvalue weighted by Gasteiger charge is -2.55. The highest BCUT2D eigenvalue weighted by Gasteiger charge is 2.48. The summed E-state index contributed by atoms with van der Waals surface area (Å²) >= 11 is 0. The number of carbonyl (C=O) groups excluding carboxylic acids is 3. The van der Waals surface area contributed by atoms with E-state index in [1.807, 2.05) is 18.2 Å². The maximum Gasteiger partial charge on any atom is 0.329 e. The number of para-hydroxylation sites is 1. The van der Waals surface area contributed by atoms with E-state index >= 15 is 0 Å². The Morgan fingerprint density at radius 3 is 2.63 bits per heavy atom. The van der Waals surface area contributed by atoms with Crippen LogP contribution < -0.4 is 21.2 Å². The van der Waals surface area contributed by atoms with Crippen molar-refractivity contribution in [3.05, 3.63) is 70.2 Å². The maximum absolute atomic E-state index is 14.3. The number of alkyl halides is 2. The molecule has 324 valence electrons. The van der Waals surface area contributed by atoms with Gasteiger partial charge in [0.15, 0.2) is 11.3 Å². The number of amides is 3. The molecule has 1 saturated carbocycles. The molecule has 10 rings (SSSR count). The van der Waals surface area contributed by atoms with Gasteiger partial charge in [0.2, 0.25) is 11.8 Å². The summed E-state index contributed by atoms with van der Waals surface area (Å²) in [5.41, 5.74) is 1.61. The van der Waals surface area contributed by atoms with E-state index in [4.69, 9.17) is 9.47 Å². The van der Waals surface area contributed by atoms with Crippen molar-refractivity contribution < 1.29 is 32.6 Å². The molecule has 3 amide bonds. The van der Waals surface area contributed by atoms with E-state index < -0.39 is 30.0 Å². The Morgan fingerprint density at radius 2 is 1.90 bits per heavy atom. The first kappa shape index (κ1) is 40.1. The SMILES string of the molecule is Cn1c(=O)n(C2CCC(=O)NC2=O)c2cccc(C#CCOC3CCN(CC4CCC(n5cc(NC(=O)c6cnn7ccc(N8C[C@@H]9OCC98)nc67)c(C(F)F)n5)CC4)CC3)c21. The average Bonchev–Trinajstić information content (AvgIpc) is 3.95. The quantitative estimate of drug-likeness (QED) is 0.155. The fourth-order valence-corrected chi connectivity index (χ4v) is 9.73. The molecule has 62 heavy (non-hydrogen) atoms. The van der Waals surface area contributed by atoms with Gasteiger partial charge in [0.1, 0.15) is 24.0 Å². The van der Waals surface area contributed by atoms with E-state index in [0.29, 0.717) is 34.8 Å². The highest BCUT2D eigenvalue weighted by Crippen LogP contribution is 2.37. The van der Waals surface area contributed by atoms with E-state index in [-0.39, 0.29) is 66.6 Å². The number of aryl methyl sites for hydroxylation is 1. The topological polar surface area (TPSA) is 175 Å². The Morgan fingerprint density at radius 1 is 1.08 bits per heavy atom. The summed E-state index contributed by atoms with van der Waals surface area (Å²) in [7, 11) is 1.66. The summed E-state index contributed by atoms with van der Waals surface area (Å²) in [6.07, 6.45) is 7.80. The number of likely N-dealkylation sites (tertiary alicyclic amines) is 1. The van der Waals surface area contributed by atoms with Gasteiger partial charge >= 0.3 is 5.69 Å². The van der Waals surface area contributed by atoms with Crippen molar-refractivity contribution in [2.45, 2.75) is 88.1 Å². The van der Waals surface area contributed by atoms with E-state index in [1.165, 1.54) is 26.0 Å². The van der Waals surface area contributed by atoms with Gasteiger partial charge in [0, 0.05) is 52.0 Å². The van der Waals surface area contributed by atoms with Gasteiger partial charge in [-0.1, -0.05) is 17.9 Å². The lowest BCUT2D eigenvalue weighted by Crippen LogP contribution is -2.71. The van der Waals surface area contributed by atoms with Gasteiger partial charge in [0.05, 0.1) is 59.4 Å². The van der Waals surface area contributed by atoms with Crippen molar-refractivity contribution in [3.63, 3.8) is 0 Å². The molecule has 0 spiro atoms. The number of ether oxygens (including phenoxy) is 2. The lowest BCUT2D eigenvalue weighted by molar-refractivity contribution is -0.135. The third-order valence-corrected chi connectivity index (χ3v) is 13.3. The van der Waals surface area contributed by atoms with Crippen molar-refractivity contribution in [2.24, 2.45) is 13.0 Å². The number of aromatic nitrogens is 7. The van der Waals surface area contributed by atoms with Crippen LogP contribution in [0.15, 0.2) is 47.7 Å². The van der Waals surface area contributed by atoms with E-state index in [9.17, 15) is 28.0 Å². The fraction of sp³-hybridized carbons (Fsp3) is 0.512. The Labute approximate surface area is 354 Å². The van der Waals surface area contributed by atoms with Gasteiger partial charge < -0.3 is 24.6 Å². The Bertz CT molecular complexity index is 2680. The Kier molecular flexibility index (Phi) is 10.6. The molecular formula is C43H47F2N11O6. The molecule has 4 aromatic heterocycles. The molecule has 5 fully saturated rings. The molecular weight excluding hydrogens is 805 g/mol.